The normalized spacial score (nSPS) is 30.3. The number of nitrogens with zero attached hydrogens (tertiary/aromatic N) is 2. The Morgan fingerprint density at radius 1 is 1.41 bits per heavy atom. The van der Waals surface area contributed by atoms with E-state index in [0.717, 1.165) is 26.1 Å². The van der Waals surface area contributed by atoms with Gasteiger partial charge in [-0.25, -0.2) is 0 Å². The lowest BCUT2D eigenvalue weighted by molar-refractivity contribution is -0.132. The zero-order valence-electron chi connectivity index (χ0n) is 11.1. The van der Waals surface area contributed by atoms with Gasteiger partial charge < -0.3 is 10.6 Å². The van der Waals surface area contributed by atoms with Gasteiger partial charge >= 0.3 is 0 Å². The van der Waals surface area contributed by atoms with E-state index in [1.54, 1.807) is 0 Å². The van der Waals surface area contributed by atoms with Crippen LogP contribution in [0.5, 0.6) is 0 Å². The van der Waals surface area contributed by atoms with Gasteiger partial charge in [0.1, 0.15) is 0 Å². The topological polar surface area (TPSA) is 49.6 Å². The molecule has 2 atom stereocenters. The van der Waals surface area contributed by atoms with Crippen LogP contribution in [-0.2, 0) is 4.79 Å². The van der Waals surface area contributed by atoms with Crippen molar-refractivity contribution in [1.82, 2.24) is 9.80 Å². The van der Waals surface area contributed by atoms with Gasteiger partial charge in [-0.05, 0) is 44.2 Å². The van der Waals surface area contributed by atoms with E-state index in [0.29, 0.717) is 24.4 Å². The van der Waals surface area contributed by atoms with E-state index in [1.807, 2.05) is 11.9 Å². The molecule has 0 aromatic rings. The SMILES string of the molecule is CC1CN(CC(=O)N(C)C2CC2)CCC1CN. The minimum Gasteiger partial charge on any atom is -0.342 e. The van der Waals surface area contributed by atoms with Crippen LogP contribution >= 0.6 is 0 Å². The molecule has 0 aromatic carbocycles. The Morgan fingerprint density at radius 2 is 2.12 bits per heavy atom. The molecule has 0 spiro atoms. The smallest absolute Gasteiger partial charge is 0.236 e. The number of nitrogens with two attached hydrogens (primary N) is 1. The summed E-state index contributed by atoms with van der Waals surface area (Å²) in [6.45, 7) is 5.67. The van der Waals surface area contributed by atoms with Gasteiger partial charge in [0.25, 0.3) is 0 Å². The van der Waals surface area contributed by atoms with Gasteiger partial charge in [0.05, 0.1) is 6.54 Å². The summed E-state index contributed by atoms with van der Waals surface area (Å²) in [6, 6.07) is 0.529. The Kier molecular flexibility index (Phi) is 4.05. The molecule has 2 N–H and O–H groups in total. The number of hydrogen-bond donors (Lipinski definition) is 1. The number of rotatable bonds is 4. The van der Waals surface area contributed by atoms with Gasteiger partial charge in [-0.3, -0.25) is 9.69 Å². The standard InChI is InChI=1S/C13H25N3O/c1-10-8-16(6-5-11(10)7-14)9-13(17)15(2)12-3-4-12/h10-12H,3-9,14H2,1-2H3. The van der Waals surface area contributed by atoms with Gasteiger partial charge in [-0.2, -0.15) is 0 Å². The fourth-order valence-corrected chi connectivity index (χ4v) is 2.74. The van der Waals surface area contributed by atoms with Crippen molar-refractivity contribution >= 4 is 5.91 Å². The van der Waals surface area contributed by atoms with Gasteiger partial charge in [0.2, 0.25) is 5.91 Å². The van der Waals surface area contributed by atoms with Gasteiger partial charge in [0, 0.05) is 19.6 Å². The van der Waals surface area contributed by atoms with E-state index in [-0.39, 0.29) is 5.91 Å². The lowest BCUT2D eigenvalue weighted by Gasteiger charge is -2.36. The zero-order chi connectivity index (χ0) is 12.4. The highest BCUT2D eigenvalue weighted by atomic mass is 16.2. The number of likely N-dealkylation sites (N-methyl/N-ethyl adjacent to an activating group) is 1. The number of likely N-dealkylation sites (tertiary alicyclic amines) is 1. The Morgan fingerprint density at radius 3 is 2.65 bits per heavy atom. The van der Waals surface area contributed by atoms with E-state index in [4.69, 9.17) is 5.73 Å². The molecule has 2 fully saturated rings. The van der Waals surface area contributed by atoms with Crippen LogP contribution in [0.4, 0.5) is 0 Å². The third-order valence-electron chi connectivity index (χ3n) is 4.32. The van der Waals surface area contributed by atoms with Crippen molar-refractivity contribution in [3.05, 3.63) is 0 Å². The van der Waals surface area contributed by atoms with Crippen LogP contribution in [0.1, 0.15) is 26.2 Å². The summed E-state index contributed by atoms with van der Waals surface area (Å²) in [5, 5.41) is 0. The average Bonchev–Trinajstić information content (AvgIpc) is 3.12. The predicted molar refractivity (Wildman–Crippen MR) is 68.6 cm³/mol. The zero-order valence-corrected chi connectivity index (χ0v) is 11.1. The highest BCUT2D eigenvalue weighted by molar-refractivity contribution is 5.78. The van der Waals surface area contributed by atoms with Crippen LogP contribution in [0.3, 0.4) is 0 Å². The molecule has 1 aliphatic heterocycles. The first-order valence-corrected chi connectivity index (χ1v) is 6.80. The van der Waals surface area contributed by atoms with E-state index in [1.165, 1.54) is 12.8 Å². The molecule has 0 radical (unpaired) electrons. The summed E-state index contributed by atoms with van der Waals surface area (Å²) < 4.78 is 0. The van der Waals surface area contributed by atoms with Crippen LogP contribution < -0.4 is 5.73 Å². The molecule has 1 saturated heterocycles. The maximum atomic E-state index is 12.0. The van der Waals surface area contributed by atoms with Crippen molar-refractivity contribution in [2.24, 2.45) is 17.6 Å². The lowest BCUT2D eigenvalue weighted by Crippen LogP contribution is -2.46. The summed E-state index contributed by atoms with van der Waals surface area (Å²) in [5.41, 5.74) is 5.74. The molecule has 98 valence electrons. The molecule has 0 bridgehead atoms. The van der Waals surface area contributed by atoms with Crippen LogP contribution in [0.25, 0.3) is 0 Å². The van der Waals surface area contributed by atoms with E-state index < -0.39 is 0 Å². The first kappa shape index (κ1) is 12.8. The summed E-state index contributed by atoms with van der Waals surface area (Å²) in [6.07, 6.45) is 3.51. The molecule has 1 heterocycles. The van der Waals surface area contributed by atoms with Gasteiger partial charge in [0.15, 0.2) is 0 Å². The second-order valence-electron chi connectivity index (χ2n) is 5.73. The van der Waals surface area contributed by atoms with E-state index >= 15 is 0 Å². The molecule has 2 aliphatic rings. The van der Waals surface area contributed by atoms with Crippen molar-refractivity contribution in [3.63, 3.8) is 0 Å². The Bertz CT molecular complexity index is 278. The quantitative estimate of drug-likeness (QED) is 0.778. The largest absolute Gasteiger partial charge is 0.342 e. The molecular formula is C13H25N3O. The van der Waals surface area contributed by atoms with Crippen molar-refractivity contribution in [3.8, 4) is 0 Å². The van der Waals surface area contributed by atoms with Gasteiger partial charge in [-0.15, -0.1) is 0 Å². The molecule has 1 aliphatic carbocycles. The third kappa shape index (κ3) is 3.19. The molecule has 1 amide bonds. The number of carbonyl (C=O) groups is 1. The molecule has 2 unspecified atom stereocenters. The van der Waals surface area contributed by atoms with Crippen LogP contribution in [0.2, 0.25) is 0 Å². The highest BCUT2D eigenvalue weighted by Gasteiger charge is 2.31. The fourth-order valence-electron chi connectivity index (χ4n) is 2.74. The van der Waals surface area contributed by atoms with Gasteiger partial charge in [-0.1, -0.05) is 6.92 Å². The molecule has 4 nitrogen and oxygen atoms in total. The highest BCUT2D eigenvalue weighted by Crippen LogP contribution is 2.26. The number of amides is 1. The predicted octanol–water partition coefficient (Wildman–Crippen LogP) is 0.524. The van der Waals surface area contributed by atoms with Crippen LogP contribution in [-0.4, -0.2) is 55.0 Å². The molecule has 1 saturated carbocycles. The molecular weight excluding hydrogens is 214 g/mol. The Balaban J connectivity index is 1.77. The minimum atomic E-state index is 0.283. The Labute approximate surface area is 104 Å². The number of hydrogen-bond acceptors (Lipinski definition) is 3. The van der Waals surface area contributed by atoms with Crippen molar-refractivity contribution in [2.45, 2.75) is 32.2 Å². The summed E-state index contributed by atoms with van der Waals surface area (Å²) in [4.78, 5) is 16.2. The fraction of sp³-hybridized carbons (Fsp3) is 0.923. The van der Waals surface area contributed by atoms with Crippen molar-refractivity contribution in [1.29, 1.82) is 0 Å². The lowest BCUT2D eigenvalue weighted by atomic mass is 9.87. The number of carbonyl (C=O) groups excluding carboxylic acids is 1. The maximum absolute atomic E-state index is 12.0. The number of piperidine rings is 1. The van der Waals surface area contributed by atoms with Crippen molar-refractivity contribution in [2.75, 3.05) is 33.2 Å². The first-order valence-electron chi connectivity index (χ1n) is 6.80. The maximum Gasteiger partial charge on any atom is 0.236 e. The van der Waals surface area contributed by atoms with E-state index in [9.17, 15) is 4.79 Å². The molecule has 17 heavy (non-hydrogen) atoms. The summed E-state index contributed by atoms with van der Waals surface area (Å²) in [5.74, 6) is 1.54. The first-order chi connectivity index (χ1) is 8.11. The molecule has 4 heteroatoms. The van der Waals surface area contributed by atoms with Crippen LogP contribution in [0, 0.1) is 11.8 Å². The minimum absolute atomic E-state index is 0.283. The second kappa shape index (κ2) is 5.36. The molecule has 0 aromatic heterocycles. The summed E-state index contributed by atoms with van der Waals surface area (Å²) in [7, 11) is 1.94. The van der Waals surface area contributed by atoms with E-state index in [2.05, 4.69) is 11.8 Å². The summed E-state index contributed by atoms with van der Waals surface area (Å²) >= 11 is 0. The van der Waals surface area contributed by atoms with Crippen molar-refractivity contribution < 1.29 is 4.79 Å². The third-order valence-corrected chi connectivity index (χ3v) is 4.32. The monoisotopic (exact) mass is 239 g/mol. The average molecular weight is 239 g/mol. The molecule has 2 rings (SSSR count). The van der Waals surface area contributed by atoms with Crippen LogP contribution in [0.15, 0.2) is 0 Å². The second-order valence-corrected chi connectivity index (χ2v) is 5.73. The Hall–Kier alpha value is -0.610.